The van der Waals surface area contributed by atoms with Crippen LogP contribution in [0.3, 0.4) is 0 Å². The predicted molar refractivity (Wildman–Crippen MR) is 50.4 cm³/mol. The first kappa shape index (κ1) is 11.0. The van der Waals surface area contributed by atoms with Crippen LogP contribution in [-0.4, -0.2) is 42.5 Å². The van der Waals surface area contributed by atoms with Gasteiger partial charge in [-0.3, -0.25) is 9.59 Å². The molecule has 1 saturated heterocycles. The minimum absolute atomic E-state index is 0.0143. The van der Waals surface area contributed by atoms with Crippen LogP contribution >= 0.6 is 0 Å². The summed E-state index contributed by atoms with van der Waals surface area (Å²) in [4.78, 5) is 24.1. The van der Waals surface area contributed by atoms with Crippen LogP contribution in [0.5, 0.6) is 0 Å². The largest absolute Gasteiger partial charge is 0.377 e. The lowest BCUT2D eigenvalue weighted by Gasteiger charge is -2.33. The van der Waals surface area contributed by atoms with Crippen molar-refractivity contribution in [2.75, 3.05) is 19.8 Å². The number of ether oxygens (including phenoxy) is 1. The summed E-state index contributed by atoms with van der Waals surface area (Å²) >= 11 is 0. The van der Waals surface area contributed by atoms with Gasteiger partial charge in [-0.05, 0) is 6.42 Å². The molecule has 1 rings (SSSR count). The molecule has 1 aliphatic rings. The Morgan fingerprint density at radius 2 is 2.29 bits per heavy atom. The highest BCUT2D eigenvalue weighted by molar-refractivity contribution is 5.86. The van der Waals surface area contributed by atoms with Gasteiger partial charge in [0.25, 0.3) is 0 Å². The van der Waals surface area contributed by atoms with E-state index in [4.69, 9.17) is 10.5 Å². The second-order valence-electron chi connectivity index (χ2n) is 3.33. The van der Waals surface area contributed by atoms with Crippen LogP contribution in [0.2, 0.25) is 0 Å². The topological polar surface area (TPSA) is 72.6 Å². The Balaban J connectivity index is 2.62. The molecule has 5 nitrogen and oxygen atoms in total. The monoisotopic (exact) mass is 200 g/mol. The number of carbonyl (C=O) groups is 2. The normalized spacial score (nSPS) is 22.1. The van der Waals surface area contributed by atoms with Gasteiger partial charge >= 0.3 is 0 Å². The second-order valence-corrected chi connectivity index (χ2v) is 3.33. The molecule has 1 unspecified atom stereocenters. The number of hydrogen-bond donors (Lipinski definition) is 1. The van der Waals surface area contributed by atoms with E-state index >= 15 is 0 Å². The van der Waals surface area contributed by atoms with Crippen molar-refractivity contribution in [2.45, 2.75) is 25.8 Å². The van der Waals surface area contributed by atoms with Crippen LogP contribution in [0.4, 0.5) is 0 Å². The third-order valence-corrected chi connectivity index (χ3v) is 2.24. The minimum atomic E-state index is -0.581. The van der Waals surface area contributed by atoms with Crippen LogP contribution in [0.25, 0.3) is 0 Å². The van der Waals surface area contributed by atoms with Gasteiger partial charge in [-0.15, -0.1) is 0 Å². The highest BCUT2D eigenvalue weighted by atomic mass is 16.5. The van der Waals surface area contributed by atoms with Crippen molar-refractivity contribution in [3.05, 3.63) is 0 Å². The molecule has 1 atom stereocenters. The fraction of sp³-hybridized carbons (Fsp3) is 0.778. The number of rotatable bonds is 3. The summed E-state index contributed by atoms with van der Waals surface area (Å²) in [5.74, 6) is -0.506. The van der Waals surface area contributed by atoms with E-state index < -0.39 is 11.9 Å². The Morgan fingerprint density at radius 1 is 1.57 bits per heavy atom. The van der Waals surface area contributed by atoms with Gasteiger partial charge in [0.15, 0.2) is 0 Å². The van der Waals surface area contributed by atoms with E-state index in [-0.39, 0.29) is 12.5 Å². The van der Waals surface area contributed by atoms with E-state index in [1.807, 2.05) is 6.92 Å². The number of hydrogen-bond acceptors (Lipinski definition) is 3. The minimum Gasteiger partial charge on any atom is -0.377 e. The molecule has 0 saturated carbocycles. The predicted octanol–water partition coefficient (Wildman–Crippen LogP) is -0.501. The lowest BCUT2D eigenvalue weighted by atomic mass is 10.2. The Morgan fingerprint density at radius 3 is 2.86 bits per heavy atom. The summed E-state index contributed by atoms with van der Waals surface area (Å²) in [5, 5.41) is 0. The Kier molecular flexibility index (Phi) is 3.88. The summed E-state index contributed by atoms with van der Waals surface area (Å²) in [6.07, 6.45) is 1.24. The lowest BCUT2D eigenvalue weighted by molar-refractivity contribution is -0.147. The molecule has 1 aliphatic heterocycles. The molecule has 0 bridgehead atoms. The molecule has 0 aromatic carbocycles. The van der Waals surface area contributed by atoms with Crippen molar-refractivity contribution < 1.29 is 14.3 Å². The van der Waals surface area contributed by atoms with E-state index in [0.717, 1.165) is 6.42 Å². The molecule has 0 aromatic heterocycles. The maximum atomic E-state index is 11.6. The average Bonchev–Trinajstić information content (AvgIpc) is 2.18. The fourth-order valence-corrected chi connectivity index (χ4v) is 1.50. The van der Waals surface area contributed by atoms with Gasteiger partial charge in [-0.2, -0.15) is 0 Å². The standard InChI is InChI=1S/C9H16N2O3/c1-2-3-8(12)11-4-5-14-6-7(11)9(10)13/h7H,2-6H2,1H3,(H2,10,13). The maximum Gasteiger partial charge on any atom is 0.242 e. The number of nitrogens with two attached hydrogens (primary N) is 1. The fourth-order valence-electron chi connectivity index (χ4n) is 1.50. The van der Waals surface area contributed by atoms with E-state index in [0.29, 0.717) is 19.6 Å². The van der Waals surface area contributed by atoms with Crippen molar-refractivity contribution in [3.63, 3.8) is 0 Å². The van der Waals surface area contributed by atoms with Crippen molar-refractivity contribution in [3.8, 4) is 0 Å². The lowest BCUT2D eigenvalue weighted by Crippen LogP contribution is -2.54. The molecule has 2 amide bonds. The summed E-state index contributed by atoms with van der Waals surface area (Å²) in [6, 6.07) is -0.581. The third kappa shape index (κ3) is 2.45. The molecule has 1 fully saturated rings. The SMILES string of the molecule is CCCC(=O)N1CCOCC1C(N)=O. The summed E-state index contributed by atoms with van der Waals surface area (Å²) < 4.78 is 5.11. The number of carbonyl (C=O) groups excluding carboxylic acids is 2. The van der Waals surface area contributed by atoms with Crippen molar-refractivity contribution in [1.82, 2.24) is 4.90 Å². The molecule has 0 spiro atoms. The number of primary amides is 1. The maximum absolute atomic E-state index is 11.6. The molecule has 80 valence electrons. The Labute approximate surface area is 83.2 Å². The zero-order chi connectivity index (χ0) is 10.6. The first-order valence-electron chi connectivity index (χ1n) is 4.83. The highest BCUT2D eigenvalue weighted by Gasteiger charge is 2.30. The Bertz CT molecular complexity index is 230. The van der Waals surface area contributed by atoms with Gasteiger partial charge in [0.2, 0.25) is 11.8 Å². The molecule has 14 heavy (non-hydrogen) atoms. The van der Waals surface area contributed by atoms with E-state index in [9.17, 15) is 9.59 Å². The van der Waals surface area contributed by atoms with Crippen LogP contribution in [0.15, 0.2) is 0 Å². The molecule has 2 N–H and O–H groups in total. The highest BCUT2D eigenvalue weighted by Crippen LogP contribution is 2.09. The molecular weight excluding hydrogens is 184 g/mol. The zero-order valence-electron chi connectivity index (χ0n) is 8.36. The van der Waals surface area contributed by atoms with Gasteiger partial charge < -0.3 is 15.4 Å². The third-order valence-electron chi connectivity index (χ3n) is 2.24. The van der Waals surface area contributed by atoms with Crippen molar-refractivity contribution in [2.24, 2.45) is 5.73 Å². The van der Waals surface area contributed by atoms with Gasteiger partial charge in [-0.25, -0.2) is 0 Å². The van der Waals surface area contributed by atoms with Crippen molar-refractivity contribution >= 4 is 11.8 Å². The van der Waals surface area contributed by atoms with E-state index in [2.05, 4.69) is 0 Å². The second kappa shape index (κ2) is 4.95. The first-order valence-corrected chi connectivity index (χ1v) is 4.83. The molecule has 0 aromatic rings. The molecule has 0 radical (unpaired) electrons. The molecule has 5 heteroatoms. The van der Waals surface area contributed by atoms with Gasteiger partial charge in [0.05, 0.1) is 13.2 Å². The van der Waals surface area contributed by atoms with E-state index in [1.54, 1.807) is 0 Å². The van der Waals surface area contributed by atoms with Crippen LogP contribution in [-0.2, 0) is 14.3 Å². The summed E-state index contributed by atoms with van der Waals surface area (Å²) in [6.45, 7) is 3.11. The molecule has 1 heterocycles. The quantitative estimate of drug-likeness (QED) is 0.667. The van der Waals surface area contributed by atoms with Crippen LogP contribution in [0, 0.1) is 0 Å². The summed E-state index contributed by atoms with van der Waals surface area (Å²) in [7, 11) is 0. The number of morpholine rings is 1. The number of nitrogens with zero attached hydrogens (tertiary/aromatic N) is 1. The van der Waals surface area contributed by atoms with Crippen LogP contribution < -0.4 is 5.73 Å². The van der Waals surface area contributed by atoms with E-state index in [1.165, 1.54) is 4.90 Å². The summed E-state index contributed by atoms with van der Waals surface area (Å²) in [5.41, 5.74) is 5.18. The first-order chi connectivity index (χ1) is 6.66. The molecule has 0 aliphatic carbocycles. The van der Waals surface area contributed by atoms with Gasteiger partial charge in [0.1, 0.15) is 6.04 Å². The van der Waals surface area contributed by atoms with Crippen LogP contribution in [0.1, 0.15) is 19.8 Å². The molecular formula is C9H16N2O3. The zero-order valence-corrected chi connectivity index (χ0v) is 8.36. The van der Waals surface area contributed by atoms with Gasteiger partial charge in [-0.1, -0.05) is 6.92 Å². The smallest absolute Gasteiger partial charge is 0.242 e. The van der Waals surface area contributed by atoms with Crippen molar-refractivity contribution in [1.29, 1.82) is 0 Å². The Hall–Kier alpha value is -1.10. The van der Waals surface area contributed by atoms with Gasteiger partial charge in [0, 0.05) is 13.0 Å². The number of amides is 2. The average molecular weight is 200 g/mol.